The first kappa shape index (κ1) is 13.5. The number of nitrogens with one attached hydrogen (secondary N) is 1. The number of aliphatic hydroxyl groups excluding tert-OH is 1. The highest BCUT2D eigenvalue weighted by Crippen LogP contribution is 2.24. The van der Waals surface area contributed by atoms with E-state index >= 15 is 0 Å². The predicted octanol–water partition coefficient (Wildman–Crippen LogP) is 2.04. The largest absolute Gasteiger partial charge is 0.395 e. The number of hydrogen-bond acceptors (Lipinski definition) is 3. The molecule has 1 atom stereocenters. The van der Waals surface area contributed by atoms with E-state index in [-0.39, 0.29) is 17.8 Å². The molecule has 1 rings (SSSR count). The summed E-state index contributed by atoms with van der Waals surface area (Å²) in [5, 5.41) is 11.1. The van der Waals surface area contributed by atoms with Gasteiger partial charge < -0.3 is 10.4 Å². The Balaban J connectivity index is 2.47. The van der Waals surface area contributed by atoms with Crippen LogP contribution in [-0.2, 0) is 4.79 Å². The molecule has 2 N–H and O–H groups in total. The second kappa shape index (κ2) is 6.93. The van der Waals surface area contributed by atoms with Gasteiger partial charge >= 0.3 is 0 Å². The first-order valence-corrected chi connectivity index (χ1v) is 6.61. The maximum absolute atomic E-state index is 11.5. The highest BCUT2D eigenvalue weighted by atomic mass is 79.9. The van der Waals surface area contributed by atoms with Crippen LogP contribution in [0.3, 0.4) is 0 Å². The fourth-order valence-corrected chi connectivity index (χ4v) is 2.25. The van der Waals surface area contributed by atoms with Crippen molar-refractivity contribution in [1.29, 1.82) is 0 Å². The van der Waals surface area contributed by atoms with E-state index in [0.717, 1.165) is 9.37 Å². The molecule has 0 spiro atoms. The average molecular weight is 304 g/mol. The molecular weight excluding hydrogens is 290 g/mol. The smallest absolute Gasteiger partial charge is 0.233 e. The van der Waals surface area contributed by atoms with Crippen LogP contribution >= 0.6 is 27.7 Å². The van der Waals surface area contributed by atoms with E-state index in [1.54, 1.807) is 0 Å². The van der Waals surface area contributed by atoms with Crippen LogP contribution in [-0.4, -0.2) is 29.4 Å². The van der Waals surface area contributed by atoms with Gasteiger partial charge in [-0.25, -0.2) is 0 Å². The number of hydrogen-bond donors (Lipinski definition) is 2. The quantitative estimate of drug-likeness (QED) is 0.819. The highest BCUT2D eigenvalue weighted by Gasteiger charge is 2.13. The molecule has 0 heterocycles. The van der Waals surface area contributed by atoms with Crippen molar-refractivity contribution in [3.05, 3.63) is 28.7 Å². The van der Waals surface area contributed by atoms with Crippen molar-refractivity contribution in [3.8, 4) is 0 Å². The van der Waals surface area contributed by atoms with Gasteiger partial charge in [0.1, 0.15) is 0 Å². The molecule has 16 heavy (non-hydrogen) atoms. The maximum atomic E-state index is 11.5. The fourth-order valence-electron chi connectivity index (χ4n) is 1.09. The van der Waals surface area contributed by atoms with Crippen LogP contribution in [0.15, 0.2) is 33.6 Å². The number of carbonyl (C=O) groups excluding carboxylic acids is 1. The molecule has 0 aliphatic carbocycles. The van der Waals surface area contributed by atoms with Crippen molar-refractivity contribution in [1.82, 2.24) is 5.32 Å². The Hall–Kier alpha value is -0.520. The van der Waals surface area contributed by atoms with E-state index in [1.165, 1.54) is 11.8 Å². The van der Waals surface area contributed by atoms with Gasteiger partial charge in [0.05, 0.1) is 11.9 Å². The van der Waals surface area contributed by atoms with Crippen LogP contribution in [0.25, 0.3) is 0 Å². The SMILES string of the molecule is C[C@H](Sc1ccc(Br)cc1)C(=O)NCCO. The van der Waals surface area contributed by atoms with Crippen molar-refractivity contribution in [2.24, 2.45) is 0 Å². The van der Waals surface area contributed by atoms with Crippen molar-refractivity contribution in [2.75, 3.05) is 13.2 Å². The number of carbonyl (C=O) groups is 1. The number of amides is 1. The fraction of sp³-hybridized carbons (Fsp3) is 0.364. The molecule has 0 saturated carbocycles. The highest BCUT2D eigenvalue weighted by molar-refractivity contribution is 9.10. The Morgan fingerprint density at radius 3 is 2.69 bits per heavy atom. The van der Waals surface area contributed by atoms with E-state index in [9.17, 15) is 4.79 Å². The molecule has 0 unspecified atom stereocenters. The number of aliphatic hydroxyl groups is 1. The third-order valence-corrected chi connectivity index (χ3v) is 3.55. The summed E-state index contributed by atoms with van der Waals surface area (Å²) in [6.45, 7) is 2.13. The van der Waals surface area contributed by atoms with E-state index in [4.69, 9.17) is 5.11 Å². The van der Waals surface area contributed by atoms with E-state index in [0.29, 0.717) is 6.54 Å². The first-order chi connectivity index (χ1) is 7.63. The van der Waals surface area contributed by atoms with Gasteiger partial charge in [-0.05, 0) is 31.2 Å². The van der Waals surface area contributed by atoms with Gasteiger partial charge in [0.2, 0.25) is 5.91 Å². The van der Waals surface area contributed by atoms with Gasteiger partial charge in [-0.3, -0.25) is 4.79 Å². The van der Waals surface area contributed by atoms with Crippen LogP contribution in [0.2, 0.25) is 0 Å². The number of thioether (sulfide) groups is 1. The molecule has 0 aromatic heterocycles. The van der Waals surface area contributed by atoms with Crippen molar-refractivity contribution in [3.63, 3.8) is 0 Å². The topological polar surface area (TPSA) is 49.3 Å². The van der Waals surface area contributed by atoms with E-state index in [2.05, 4.69) is 21.2 Å². The summed E-state index contributed by atoms with van der Waals surface area (Å²) in [5.41, 5.74) is 0. The lowest BCUT2D eigenvalue weighted by atomic mass is 10.4. The van der Waals surface area contributed by atoms with Crippen molar-refractivity contribution >= 4 is 33.6 Å². The zero-order valence-corrected chi connectivity index (χ0v) is 11.3. The second-order valence-electron chi connectivity index (χ2n) is 3.23. The van der Waals surface area contributed by atoms with Crippen molar-refractivity contribution < 1.29 is 9.90 Å². The van der Waals surface area contributed by atoms with Gasteiger partial charge in [-0.15, -0.1) is 11.8 Å². The molecule has 5 heteroatoms. The van der Waals surface area contributed by atoms with Crippen LogP contribution in [0.5, 0.6) is 0 Å². The monoisotopic (exact) mass is 303 g/mol. The zero-order valence-electron chi connectivity index (χ0n) is 8.94. The minimum Gasteiger partial charge on any atom is -0.395 e. The molecule has 1 aromatic rings. The number of benzene rings is 1. The van der Waals surface area contributed by atoms with Gasteiger partial charge in [0.25, 0.3) is 0 Å². The summed E-state index contributed by atoms with van der Waals surface area (Å²) in [7, 11) is 0. The van der Waals surface area contributed by atoms with Gasteiger partial charge in [0, 0.05) is 15.9 Å². The summed E-state index contributed by atoms with van der Waals surface area (Å²) in [5.74, 6) is -0.0537. The number of halogens is 1. The molecule has 0 aliphatic heterocycles. The molecule has 88 valence electrons. The van der Waals surface area contributed by atoms with E-state index in [1.807, 2.05) is 31.2 Å². The first-order valence-electron chi connectivity index (χ1n) is 4.94. The molecule has 1 aromatic carbocycles. The molecule has 0 saturated heterocycles. The molecule has 0 aliphatic rings. The third kappa shape index (κ3) is 4.55. The van der Waals surface area contributed by atoms with Gasteiger partial charge in [-0.1, -0.05) is 15.9 Å². The minimum atomic E-state index is -0.160. The van der Waals surface area contributed by atoms with Crippen LogP contribution in [0, 0.1) is 0 Å². The minimum absolute atomic E-state index is 0.0264. The zero-order chi connectivity index (χ0) is 12.0. The van der Waals surface area contributed by atoms with Crippen LogP contribution < -0.4 is 5.32 Å². The Morgan fingerprint density at radius 2 is 2.12 bits per heavy atom. The molecule has 0 bridgehead atoms. The standard InChI is InChI=1S/C11H14BrNO2S/c1-8(11(15)13-6-7-14)16-10-4-2-9(12)3-5-10/h2-5,8,14H,6-7H2,1H3,(H,13,15)/t8-/m0/s1. The van der Waals surface area contributed by atoms with Crippen molar-refractivity contribution in [2.45, 2.75) is 17.1 Å². The van der Waals surface area contributed by atoms with Gasteiger partial charge in [-0.2, -0.15) is 0 Å². The summed E-state index contributed by atoms with van der Waals surface area (Å²) < 4.78 is 1.02. The summed E-state index contributed by atoms with van der Waals surface area (Å²) in [6, 6.07) is 7.82. The Bertz CT molecular complexity index is 342. The lowest BCUT2D eigenvalue weighted by molar-refractivity contribution is -0.120. The molecule has 1 amide bonds. The Morgan fingerprint density at radius 1 is 1.50 bits per heavy atom. The number of rotatable bonds is 5. The third-order valence-electron chi connectivity index (χ3n) is 1.91. The molecule has 3 nitrogen and oxygen atoms in total. The molecule has 0 fully saturated rings. The summed E-state index contributed by atoms with van der Waals surface area (Å²) in [6.07, 6.45) is 0. The normalized spacial score (nSPS) is 12.2. The maximum Gasteiger partial charge on any atom is 0.233 e. The summed E-state index contributed by atoms with van der Waals surface area (Å²) in [4.78, 5) is 12.6. The Labute approximate surface area is 108 Å². The summed E-state index contributed by atoms with van der Waals surface area (Å²) >= 11 is 4.85. The van der Waals surface area contributed by atoms with Crippen LogP contribution in [0.4, 0.5) is 0 Å². The average Bonchev–Trinajstić information content (AvgIpc) is 2.29. The molecular formula is C11H14BrNO2S. The predicted molar refractivity (Wildman–Crippen MR) is 69.6 cm³/mol. The van der Waals surface area contributed by atoms with Gasteiger partial charge in [0.15, 0.2) is 0 Å². The second-order valence-corrected chi connectivity index (χ2v) is 5.56. The van der Waals surface area contributed by atoms with Crippen LogP contribution in [0.1, 0.15) is 6.92 Å². The lowest BCUT2D eigenvalue weighted by Gasteiger charge is -2.11. The van der Waals surface area contributed by atoms with E-state index < -0.39 is 0 Å². The molecule has 0 radical (unpaired) electrons. The lowest BCUT2D eigenvalue weighted by Crippen LogP contribution is -2.32. The Kier molecular flexibility index (Phi) is 5.87.